The lowest BCUT2D eigenvalue weighted by Crippen LogP contribution is -2.14. The molecule has 0 aliphatic rings. The number of nitrogens with zero attached hydrogens (tertiary/aromatic N) is 1. The van der Waals surface area contributed by atoms with Gasteiger partial charge in [-0.2, -0.15) is 5.26 Å². The first-order chi connectivity index (χ1) is 15.3. The highest BCUT2D eigenvalue weighted by atomic mass is 127. The van der Waals surface area contributed by atoms with Crippen molar-refractivity contribution in [2.24, 2.45) is 0 Å². The Hall–Kier alpha value is -2.15. The molecule has 0 radical (unpaired) electrons. The molecule has 0 aliphatic heterocycles. The Morgan fingerprint density at radius 1 is 1.09 bits per heavy atom. The Morgan fingerprint density at radius 2 is 1.75 bits per heavy atom. The molecule has 32 heavy (non-hydrogen) atoms. The van der Waals surface area contributed by atoms with Gasteiger partial charge in [-0.05, 0) is 121 Å². The number of aryl methyl sites for hydroxylation is 2. The Balaban J connectivity index is 1.77. The molecular weight excluding hydrogens is 647 g/mol. The van der Waals surface area contributed by atoms with Crippen molar-refractivity contribution in [1.29, 1.82) is 5.26 Å². The third-order valence-corrected chi connectivity index (χ3v) is 6.52. The molecule has 0 fully saturated rings. The zero-order valence-corrected chi connectivity index (χ0v) is 22.7. The van der Waals surface area contributed by atoms with Gasteiger partial charge >= 0.3 is 0 Å². The first kappa shape index (κ1) is 24.5. The number of benzene rings is 3. The van der Waals surface area contributed by atoms with E-state index in [2.05, 4.69) is 59.8 Å². The second kappa shape index (κ2) is 11.1. The van der Waals surface area contributed by atoms with Crippen molar-refractivity contribution in [3.8, 4) is 11.8 Å². The summed E-state index contributed by atoms with van der Waals surface area (Å²) in [6, 6.07) is 19.5. The SMILES string of the molecule is Cc1ccc(NC(=O)/C(C#N)=C/c2cc(Br)c(OCc3ccc(I)cc3)c(Br)c2)c(C)c1. The second-order valence-electron chi connectivity index (χ2n) is 7.17. The summed E-state index contributed by atoms with van der Waals surface area (Å²) in [5, 5.41) is 12.4. The number of amides is 1. The molecule has 3 aromatic rings. The molecule has 0 bridgehead atoms. The molecule has 162 valence electrons. The lowest BCUT2D eigenvalue weighted by atomic mass is 10.1. The molecule has 3 aromatic carbocycles. The standard InChI is InChI=1S/C25H19Br2IN2O2/c1-15-3-8-23(16(2)9-15)30-25(31)19(13-29)10-18-11-21(26)24(22(27)12-18)32-14-17-4-6-20(28)7-5-17/h3-12H,14H2,1-2H3,(H,30,31)/b19-10+. The van der Waals surface area contributed by atoms with Crippen LogP contribution in [0.2, 0.25) is 0 Å². The molecule has 1 amide bonds. The Bertz CT molecular complexity index is 1210. The quantitative estimate of drug-likeness (QED) is 0.168. The molecule has 0 saturated heterocycles. The van der Waals surface area contributed by atoms with Crippen LogP contribution >= 0.6 is 54.5 Å². The first-order valence-electron chi connectivity index (χ1n) is 9.63. The number of anilines is 1. The van der Waals surface area contributed by atoms with E-state index in [0.29, 0.717) is 23.6 Å². The number of carbonyl (C=O) groups excluding carboxylic acids is 1. The van der Waals surface area contributed by atoms with Crippen LogP contribution in [-0.4, -0.2) is 5.91 Å². The minimum absolute atomic E-state index is 0.0105. The zero-order chi connectivity index (χ0) is 23.3. The van der Waals surface area contributed by atoms with E-state index in [1.807, 2.05) is 74.5 Å². The topological polar surface area (TPSA) is 62.1 Å². The van der Waals surface area contributed by atoms with E-state index in [4.69, 9.17) is 4.74 Å². The van der Waals surface area contributed by atoms with Crippen LogP contribution in [0.4, 0.5) is 5.69 Å². The number of carbonyl (C=O) groups is 1. The molecule has 0 aromatic heterocycles. The van der Waals surface area contributed by atoms with Gasteiger partial charge in [-0.1, -0.05) is 29.8 Å². The van der Waals surface area contributed by atoms with Gasteiger partial charge < -0.3 is 10.1 Å². The molecule has 7 heteroatoms. The molecule has 4 nitrogen and oxygen atoms in total. The minimum Gasteiger partial charge on any atom is -0.487 e. The van der Waals surface area contributed by atoms with Gasteiger partial charge in [-0.15, -0.1) is 0 Å². The van der Waals surface area contributed by atoms with E-state index in [-0.39, 0.29) is 5.57 Å². The number of nitrogens with one attached hydrogen (secondary N) is 1. The predicted octanol–water partition coefficient (Wildman–Crippen LogP) is 7.56. The van der Waals surface area contributed by atoms with E-state index in [0.717, 1.165) is 25.6 Å². The van der Waals surface area contributed by atoms with E-state index in [1.54, 1.807) is 6.08 Å². The van der Waals surface area contributed by atoms with Crippen molar-refractivity contribution in [1.82, 2.24) is 0 Å². The lowest BCUT2D eigenvalue weighted by Gasteiger charge is -2.12. The van der Waals surface area contributed by atoms with Crippen LogP contribution < -0.4 is 10.1 Å². The van der Waals surface area contributed by atoms with Gasteiger partial charge in [0.1, 0.15) is 24.0 Å². The monoisotopic (exact) mass is 664 g/mol. The van der Waals surface area contributed by atoms with Gasteiger partial charge in [0, 0.05) is 9.26 Å². The summed E-state index contributed by atoms with van der Waals surface area (Å²) >= 11 is 9.33. The number of ether oxygens (including phenoxy) is 1. The van der Waals surface area contributed by atoms with Gasteiger partial charge in [0.15, 0.2) is 0 Å². The van der Waals surface area contributed by atoms with Crippen molar-refractivity contribution >= 4 is 72.1 Å². The predicted molar refractivity (Wildman–Crippen MR) is 143 cm³/mol. The first-order valence-corrected chi connectivity index (χ1v) is 12.3. The Kier molecular flexibility index (Phi) is 8.51. The highest BCUT2D eigenvalue weighted by Gasteiger charge is 2.13. The number of hydrogen-bond acceptors (Lipinski definition) is 3. The fourth-order valence-electron chi connectivity index (χ4n) is 3.00. The third-order valence-electron chi connectivity index (χ3n) is 4.62. The maximum Gasteiger partial charge on any atom is 0.266 e. The lowest BCUT2D eigenvalue weighted by molar-refractivity contribution is -0.112. The van der Waals surface area contributed by atoms with Crippen LogP contribution in [-0.2, 0) is 11.4 Å². The maximum absolute atomic E-state index is 12.7. The maximum atomic E-state index is 12.7. The molecule has 1 N–H and O–H groups in total. The number of rotatable bonds is 6. The van der Waals surface area contributed by atoms with E-state index in [1.165, 1.54) is 3.57 Å². The average Bonchev–Trinajstić information content (AvgIpc) is 2.74. The summed E-state index contributed by atoms with van der Waals surface area (Å²) in [5.41, 5.74) is 4.49. The largest absolute Gasteiger partial charge is 0.487 e. The van der Waals surface area contributed by atoms with Crippen LogP contribution in [0.25, 0.3) is 6.08 Å². The van der Waals surface area contributed by atoms with E-state index < -0.39 is 5.91 Å². The van der Waals surface area contributed by atoms with Crippen molar-refractivity contribution in [3.05, 3.63) is 94.9 Å². The fourth-order valence-corrected chi connectivity index (χ4v) is 4.81. The average molecular weight is 666 g/mol. The molecule has 0 atom stereocenters. The van der Waals surface area contributed by atoms with Gasteiger partial charge in [0.25, 0.3) is 5.91 Å². The van der Waals surface area contributed by atoms with Crippen LogP contribution in [0.15, 0.2) is 69.1 Å². The van der Waals surface area contributed by atoms with Crippen LogP contribution in [0, 0.1) is 28.7 Å². The highest BCUT2D eigenvalue weighted by molar-refractivity contribution is 14.1. The molecule has 0 aliphatic carbocycles. The summed E-state index contributed by atoms with van der Waals surface area (Å²) in [5.74, 6) is 0.199. The van der Waals surface area contributed by atoms with Gasteiger partial charge in [-0.25, -0.2) is 0 Å². The Labute approximate surface area is 218 Å². The van der Waals surface area contributed by atoms with Crippen molar-refractivity contribution in [2.75, 3.05) is 5.32 Å². The molecule has 0 saturated carbocycles. The van der Waals surface area contributed by atoms with Crippen LogP contribution in [0.5, 0.6) is 5.75 Å². The smallest absolute Gasteiger partial charge is 0.266 e. The molecule has 0 heterocycles. The summed E-state index contributed by atoms with van der Waals surface area (Å²) in [6.45, 7) is 4.33. The normalized spacial score (nSPS) is 11.1. The molecule has 3 rings (SSSR count). The van der Waals surface area contributed by atoms with E-state index in [9.17, 15) is 10.1 Å². The fraction of sp³-hybridized carbons (Fsp3) is 0.120. The number of hydrogen-bond donors (Lipinski definition) is 1. The second-order valence-corrected chi connectivity index (χ2v) is 10.1. The Morgan fingerprint density at radius 3 is 2.34 bits per heavy atom. The van der Waals surface area contributed by atoms with Gasteiger partial charge in [0.05, 0.1) is 8.95 Å². The minimum atomic E-state index is -0.453. The summed E-state index contributed by atoms with van der Waals surface area (Å²) in [6.07, 6.45) is 1.55. The number of halogens is 3. The van der Waals surface area contributed by atoms with E-state index >= 15 is 0 Å². The summed E-state index contributed by atoms with van der Waals surface area (Å²) in [7, 11) is 0. The van der Waals surface area contributed by atoms with Gasteiger partial charge in [0.2, 0.25) is 0 Å². The summed E-state index contributed by atoms with van der Waals surface area (Å²) < 4.78 is 8.57. The zero-order valence-electron chi connectivity index (χ0n) is 17.4. The highest BCUT2D eigenvalue weighted by Crippen LogP contribution is 2.36. The van der Waals surface area contributed by atoms with Crippen molar-refractivity contribution in [3.63, 3.8) is 0 Å². The van der Waals surface area contributed by atoms with Crippen LogP contribution in [0.3, 0.4) is 0 Å². The van der Waals surface area contributed by atoms with Gasteiger partial charge in [-0.3, -0.25) is 4.79 Å². The van der Waals surface area contributed by atoms with Crippen molar-refractivity contribution < 1.29 is 9.53 Å². The number of nitriles is 1. The molecule has 0 spiro atoms. The summed E-state index contributed by atoms with van der Waals surface area (Å²) in [4.78, 5) is 12.7. The molecular formula is C25H19Br2IN2O2. The third kappa shape index (κ3) is 6.44. The molecule has 0 unspecified atom stereocenters. The van der Waals surface area contributed by atoms with Crippen molar-refractivity contribution in [2.45, 2.75) is 20.5 Å². The van der Waals surface area contributed by atoms with Crippen LogP contribution in [0.1, 0.15) is 22.3 Å².